The molecule has 3 N–H and O–H groups in total. The van der Waals surface area contributed by atoms with E-state index in [0.717, 1.165) is 0 Å². The zero-order valence-corrected chi connectivity index (χ0v) is 10.2. The topological polar surface area (TPSA) is 111 Å². The first-order valence-corrected chi connectivity index (χ1v) is 5.75. The number of nitro benzene ring substituents is 1. The molecule has 8 nitrogen and oxygen atoms in total. The SMILES string of the molecule is Nc1ccc(C(=O)NN2CCOCC2)cc1[N+](=O)[O-]. The molecule has 0 saturated carbocycles. The number of nitro groups is 1. The van der Waals surface area contributed by atoms with E-state index in [9.17, 15) is 14.9 Å². The summed E-state index contributed by atoms with van der Waals surface area (Å²) < 4.78 is 5.15. The first-order valence-electron chi connectivity index (χ1n) is 5.75. The van der Waals surface area contributed by atoms with Crippen molar-refractivity contribution in [3.05, 3.63) is 33.9 Å². The average molecular weight is 266 g/mol. The molecule has 1 aliphatic rings. The van der Waals surface area contributed by atoms with Gasteiger partial charge in [-0.2, -0.15) is 0 Å². The molecule has 0 spiro atoms. The number of morpholine rings is 1. The second kappa shape index (κ2) is 5.63. The smallest absolute Gasteiger partial charge is 0.292 e. The lowest BCUT2D eigenvalue weighted by atomic mass is 10.1. The number of amides is 1. The van der Waals surface area contributed by atoms with Gasteiger partial charge in [-0.25, -0.2) is 5.01 Å². The molecule has 102 valence electrons. The molecule has 0 radical (unpaired) electrons. The number of hydrogen-bond acceptors (Lipinski definition) is 6. The highest BCUT2D eigenvalue weighted by Crippen LogP contribution is 2.22. The Morgan fingerprint density at radius 2 is 2.11 bits per heavy atom. The van der Waals surface area contributed by atoms with E-state index >= 15 is 0 Å². The third kappa shape index (κ3) is 3.18. The van der Waals surface area contributed by atoms with E-state index in [1.165, 1.54) is 18.2 Å². The van der Waals surface area contributed by atoms with E-state index in [1.807, 2.05) is 0 Å². The minimum Gasteiger partial charge on any atom is -0.393 e. The van der Waals surface area contributed by atoms with E-state index in [-0.39, 0.29) is 16.9 Å². The Hall–Kier alpha value is -2.19. The van der Waals surface area contributed by atoms with Crippen LogP contribution in [0, 0.1) is 10.1 Å². The lowest BCUT2D eigenvalue weighted by molar-refractivity contribution is -0.383. The highest BCUT2D eigenvalue weighted by Gasteiger charge is 2.18. The van der Waals surface area contributed by atoms with Gasteiger partial charge >= 0.3 is 0 Å². The fourth-order valence-corrected chi connectivity index (χ4v) is 1.73. The summed E-state index contributed by atoms with van der Waals surface area (Å²) in [6, 6.07) is 3.98. The minimum absolute atomic E-state index is 0.0351. The number of nitrogens with zero attached hydrogens (tertiary/aromatic N) is 2. The van der Waals surface area contributed by atoms with Crippen LogP contribution >= 0.6 is 0 Å². The van der Waals surface area contributed by atoms with Crippen LogP contribution < -0.4 is 11.2 Å². The molecule has 1 fully saturated rings. The van der Waals surface area contributed by atoms with Crippen LogP contribution in [-0.4, -0.2) is 42.1 Å². The number of ether oxygens (including phenoxy) is 1. The number of anilines is 1. The Morgan fingerprint density at radius 1 is 1.42 bits per heavy atom. The lowest BCUT2D eigenvalue weighted by Crippen LogP contribution is -2.48. The van der Waals surface area contributed by atoms with Gasteiger partial charge in [0, 0.05) is 24.7 Å². The van der Waals surface area contributed by atoms with Gasteiger partial charge in [-0.1, -0.05) is 0 Å². The van der Waals surface area contributed by atoms with Gasteiger partial charge in [0.1, 0.15) is 5.69 Å². The molecule has 1 aromatic carbocycles. The molecule has 1 saturated heterocycles. The number of carbonyl (C=O) groups is 1. The fraction of sp³-hybridized carbons (Fsp3) is 0.364. The van der Waals surface area contributed by atoms with Crippen LogP contribution in [0.5, 0.6) is 0 Å². The van der Waals surface area contributed by atoms with Crippen LogP contribution in [-0.2, 0) is 4.74 Å². The van der Waals surface area contributed by atoms with Crippen LogP contribution in [0.25, 0.3) is 0 Å². The molecule has 1 aromatic rings. The van der Waals surface area contributed by atoms with Crippen molar-refractivity contribution in [2.24, 2.45) is 0 Å². The summed E-state index contributed by atoms with van der Waals surface area (Å²) >= 11 is 0. The lowest BCUT2D eigenvalue weighted by Gasteiger charge is -2.26. The second-order valence-corrected chi connectivity index (χ2v) is 4.07. The molecule has 0 aromatic heterocycles. The quantitative estimate of drug-likeness (QED) is 0.458. The third-order valence-corrected chi connectivity index (χ3v) is 2.76. The predicted octanol–water partition coefficient (Wildman–Crippen LogP) is 0.154. The molecule has 0 bridgehead atoms. The van der Waals surface area contributed by atoms with Crippen LogP contribution in [0.4, 0.5) is 11.4 Å². The number of hydrazine groups is 1. The minimum atomic E-state index is -0.610. The predicted molar refractivity (Wildman–Crippen MR) is 67.4 cm³/mol. The van der Waals surface area contributed by atoms with Gasteiger partial charge < -0.3 is 10.5 Å². The number of nitrogens with one attached hydrogen (secondary N) is 1. The highest BCUT2D eigenvalue weighted by molar-refractivity contribution is 5.95. The molecule has 1 amide bonds. The number of nitrogen functional groups attached to an aromatic ring is 1. The van der Waals surface area contributed by atoms with E-state index < -0.39 is 10.8 Å². The largest absolute Gasteiger partial charge is 0.393 e. The van der Waals surface area contributed by atoms with Crippen LogP contribution in [0.1, 0.15) is 10.4 Å². The zero-order valence-electron chi connectivity index (χ0n) is 10.2. The molecule has 8 heteroatoms. The summed E-state index contributed by atoms with van der Waals surface area (Å²) in [5, 5.41) is 12.5. The maximum absolute atomic E-state index is 11.9. The Morgan fingerprint density at radius 3 is 2.74 bits per heavy atom. The van der Waals surface area contributed by atoms with Crippen molar-refractivity contribution in [3.8, 4) is 0 Å². The van der Waals surface area contributed by atoms with E-state index in [1.54, 1.807) is 5.01 Å². The summed E-state index contributed by atoms with van der Waals surface area (Å²) in [4.78, 5) is 22.1. The summed E-state index contributed by atoms with van der Waals surface area (Å²) in [7, 11) is 0. The van der Waals surface area contributed by atoms with E-state index in [4.69, 9.17) is 10.5 Å². The molecule has 0 atom stereocenters. The summed E-state index contributed by atoms with van der Waals surface area (Å²) in [6.07, 6.45) is 0. The first-order chi connectivity index (χ1) is 9.08. The van der Waals surface area contributed by atoms with Crippen molar-refractivity contribution in [2.45, 2.75) is 0 Å². The molecular formula is C11H14N4O4. The number of carbonyl (C=O) groups excluding carboxylic acids is 1. The zero-order chi connectivity index (χ0) is 13.8. The molecule has 1 heterocycles. The van der Waals surface area contributed by atoms with Gasteiger partial charge in [-0.3, -0.25) is 20.3 Å². The van der Waals surface area contributed by atoms with Crippen molar-refractivity contribution >= 4 is 17.3 Å². The highest BCUT2D eigenvalue weighted by atomic mass is 16.6. The second-order valence-electron chi connectivity index (χ2n) is 4.07. The number of benzene rings is 1. The first kappa shape index (κ1) is 13.2. The maximum atomic E-state index is 11.9. The monoisotopic (exact) mass is 266 g/mol. The van der Waals surface area contributed by atoms with Gasteiger partial charge in [0.25, 0.3) is 11.6 Å². The molecule has 0 unspecified atom stereocenters. The maximum Gasteiger partial charge on any atom is 0.292 e. The van der Waals surface area contributed by atoms with Crippen molar-refractivity contribution in [1.82, 2.24) is 10.4 Å². The number of hydrogen-bond donors (Lipinski definition) is 2. The summed E-state index contributed by atoms with van der Waals surface area (Å²) in [6.45, 7) is 2.26. The van der Waals surface area contributed by atoms with E-state index in [2.05, 4.69) is 5.43 Å². The van der Waals surface area contributed by atoms with Crippen molar-refractivity contribution in [3.63, 3.8) is 0 Å². The van der Waals surface area contributed by atoms with Crippen molar-refractivity contribution in [1.29, 1.82) is 0 Å². The Labute approximate surface area is 109 Å². The molecule has 19 heavy (non-hydrogen) atoms. The number of rotatable bonds is 3. The molecule has 1 aliphatic heterocycles. The van der Waals surface area contributed by atoms with Gasteiger partial charge in [0.2, 0.25) is 0 Å². The summed E-state index contributed by atoms with van der Waals surface area (Å²) in [5.74, 6) is -0.398. The Kier molecular flexibility index (Phi) is 3.93. The van der Waals surface area contributed by atoms with Crippen LogP contribution in [0.3, 0.4) is 0 Å². The van der Waals surface area contributed by atoms with Gasteiger partial charge in [0.15, 0.2) is 0 Å². The van der Waals surface area contributed by atoms with Crippen molar-refractivity contribution in [2.75, 3.05) is 32.0 Å². The Balaban J connectivity index is 2.10. The van der Waals surface area contributed by atoms with Crippen LogP contribution in [0.2, 0.25) is 0 Å². The van der Waals surface area contributed by atoms with Crippen LogP contribution in [0.15, 0.2) is 18.2 Å². The normalized spacial score (nSPS) is 16.0. The van der Waals surface area contributed by atoms with Gasteiger partial charge in [-0.05, 0) is 12.1 Å². The number of nitrogens with two attached hydrogens (primary N) is 1. The molecule has 0 aliphatic carbocycles. The Bertz CT molecular complexity index is 499. The third-order valence-electron chi connectivity index (χ3n) is 2.76. The van der Waals surface area contributed by atoms with Crippen molar-refractivity contribution < 1.29 is 14.5 Å². The summed E-state index contributed by atoms with van der Waals surface area (Å²) in [5.41, 5.74) is 8.11. The van der Waals surface area contributed by atoms with Gasteiger partial charge in [-0.15, -0.1) is 0 Å². The molecule has 2 rings (SSSR count). The van der Waals surface area contributed by atoms with E-state index in [0.29, 0.717) is 26.3 Å². The molecular weight excluding hydrogens is 252 g/mol. The standard InChI is InChI=1S/C11H14N4O4/c12-9-2-1-8(7-10(9)15(17)18)11(16)13-14-3-5-19-6-4-14/h1-2,7H,3-6,12H2,(H,13,16). The average Bonchev–Trinajstić information content (AvgIpc) is 2.40. The van der Waals surface area contributed by atoms with Gasteiger partial charge in [0.05, 0.1) is 18.1 Å². The fourth-order valence-electron chi connectivity index (χ4n) is 1.73.